The van der Waals surface area contributed by atoms with Crippen molar-refractivity contribution in [1.82, 2.24) is 10.2 Å². The third kappa shape index (κ3) is 5.22. The smallest absolute Gasteiger partial charge is 0.403 e. The number of benzene rings is 1. The van der Waals surface area contributed by atoms with Crippen LogP contribution in [0.25, 0.3) is 0 Å². The summed E-state index contributed by atoms with van der Waals surface area (Å²) in [5, 5.41) is 3.28. The van der Waals surface area contributed by atoms with Gasteiger partial charge in [-0.05, 0) is 30.0 Å². The van der Waals surface area contributed by atoms with Crippen molar-refractivity contribution in [2.75, 3.05) is 26.2 Å². The maximum absolute atomic E-state index is 14.0. The average Bonchev–Trinajstić information content (AvgIpc) is 3.31. The molecule has 1 aliphatic carbocycles. The first kappa shape index (κ1) is 19.3. The van der Waals surface area contributed by atoms with Gasteiger partial charge in [0.2, 0.25) is 0 Å². The first-order chi connectivity index (χ1) is 10.9. The molecule has 3 rings (SSSR count). The van der Waals surface area contributed by atoms with E-state index in [9.17, 15) is 17.6 Å². The normalized spacial score (nSPS) is 20.3. The van der Waals surface area contributed by atoms with Gasteiger partial charge in [0.15, 0.2) is 11.6 Å². The van der Waals surface area contributed by atoms with Gasteiger partial charge < -0.3 is 10.1 Å². The highest BCUT2D eigenvalue weighted by Crippen LogP contribution is 2.41. The molecule has 0 radical (unpaired) electrons. The number of alkyl halides is 3. The van der Waals surface area contributed by atoms with E-state index >= 15 is 0 Å². The number of hydrogen-bond donors (Lipinski definition) is 1. The van der Waals surface area contributed by atoms with Crippen LogP contribution >= 0.6 is 12.4 Å². The van der Waals surface area contributed by atoms with E-state index in [0.717, 1.165) is 44.2 Å². The molecule has 1 aliphatic heterocycles. The lowest BCUT2D eigenvalue weighted by molar-refractivity contribution is -0.275. The maximum Gasteiger partial charge on any atom is 0.573 e. The topological polar surface area (TPSA) is 24.5 Å². The van der Waals surface area contributed by atoms with Crippen LogP contribution in [0.2, 0.25) is 0 Å². The molecule has 1 saturated heterocycles. The molecule has 8 heteroatoms. The van der Waals surface area contributed by atoms with Gasteiger partial charge in [0.05, 0.1) is 0 Å². The Morgan fingerprint density at radius 3 is 2.42 bits per heavy atom. The Morgan fingerprint density at radius 2 is 1.88 bits per heavy atom. The highest BCUT2D eigenvalue weighted by Gasteiger charge is 2.34. The van der Waals surface area contributed by atoms with Gasteiger partial charge in [-0.3, -0.25) is 4.90 Å². The molecule has 136 valence electrons. The molecule has 24 heavy (non-hydrogen) atoms. The van der Waals surface area contributed by atoms with Crippen LogP contribution in [-0.4, -0.2) is 37.4 Å². The molecular formula is C16H21ClF4N2O. The van der Waals surface area contributed by atoms with E-state index in [1.54, 1.807) is 6.07 Å². The van der Waals surface area contributed by atoms with Crippen molar-refractivity contribution in [3.8, 4) is 5.75 Å². The van der Waals surface area contributed by atoms with Crippen LogP contribution in [0.1, 0.15) is 30.9 Å². The highest BCUT2D eigenvalue weighted by molar-refractivity contribution is 5.85. The van der Waals surface area contributed by atoms with Gasteiger partial charge in [-0.1, -0.05) is 18.9 Å². The third-order valence-corrected chi connectivity index (χ3v) is 4.41. The fourth-order valence-electron chi connectivity index (χ4n) is 3.09. The fraction of sp³-hybridized carbons (Fsp3) is 0.625. The zero-order valence-corrected chi connectivity index (χ0v) is 13.9. The number of nitrogens with zero attached hydrogens (tertiary/aromatic N) is 1. The standard InChI is InChI=1S/C16H20F4N2O.ClH/c17-13-10-12(3-4-15(13)23-16(18,19)20)14(9-11-1-2-11)22-7-5-21-6-8-22;/h3-4,10-11,14,21H,1-2,5-9H2;1H/t14-;/m0./s1. The number of nitrogens with one attached hydrogen (secondary N) is 1. The zero-order valence-electron chi connectivity index (χ0n) is 13.1. The SMILES string of the molecule is Cl.Fc1cc([C@H](CC2CC2)N2CCNCC2)ccc1OC(F)(F)F. The fourth-order valence-corrected chi connectivity index (χ4v) is 3.09. The summed E-state index contributed by atoms with van der Waals surface area (Å²) < 4.78 is 54.5. The highest BCUT2D eigenvalue weighted by atomic mass is 35.5. The molecule has 2 aliphatic rings. The minimum Gasteiger partial charge on any atom is -0.403 e. The Kier molecular flexibility index (Phi) is 6.33. The second-order valence-corrected chi connectivity index (χ2v) is 6.22. The van der Waals surface area contributed by atoms with E-state index in [4.69, 9.17) is 0 Å². The van der Waals surface area contributed by atoms with E-state index in [1.807, 2.05) is 0 Å². The van der Waals surface area contributed by atoms with Gasteiger partial charge in [0.25, 0.3) is 0 Å². The van der Waals surface area contributed by atoms with Crippen molar-refractivity contribution in [1.29, 1.82) is 0 Å². The lowest BCUT2D eigenvalue weighted by Gasteiger charge is -2.35. The summed E-state index contributed by atoms with van der Waals surface area (Å²) in [7, 11) is 0. The van der Waals surface area contributed by atoms with Crippen molar-refractivity contribution in [3.63, 3.8) is 0 Å². The van der Waals surface area contributed by atoms with Crippen LogP contribution in [0.5, 0.6) is 5.75 Å². The number of rotatable bonds is 5. The number of piperazine rings is 1. The summed E-state index contributed by atoms with van der Waals surface area (Å²) in [6.07, 6.45) is -1.59. The predicted molar refractivity (Wildman–Crippen MR) is 84.9 cm³/mol. The molecule has 3 nitrogen and oxygen atoms in total. The molecule has 2 fully saturated rings. The summed E-state index contributed by atoms with van der Waals surface area (Å²) in [5.41, 5.74) is 0.728. The molecule has 0 aromatic heterocycles. The van der Waals surface area contributed by atoms with Crippen LogP contribution in [0, 0.1) is 11.7 Å². The molecule has 1 heterocycles. The summed E-state index contributed by atoms with van der Waals surface area (Å²) in [5.74, 6) is -1.09. The van der Waals surface area contributed by atoms with Gasteiger partial charge in [-0.2, -0.15) is 0 Å². The lowest BCUT2D eigenvalue weighted by Crippen LogP contribution is -2.45. The van der Waals surface area contributed by atoms with Crippen molar-refractivity contribution >= 4 is 12.4 Å². The van der Waals surface area contributed by atoms with Gasteiger partial charge in [0, 0.05) is 32.2 Å². The summed E-state index contributed by atoms with van der Waals surface area (Å²) in [6.45, 7) is 3.47. The van der Waals surface area contributed by atoms with Gasteiger partial charge in [-0.25, -0.2) is 4.39 Å². The molecule has 1 N–H and O–H groups in total. The first-order valence-electron chi connectivity index (χ1n) is 7.92. The molecule has 1 aromatic carbocycles. The van der Waals surface area contributed by atoms with Crippen LogP contribution in [0.3, 0.4) is 0 Å². The van der Waals surface area contributed by atoms with Gasteiger partial charge in [-0.15, -0.1) is 25.6 Å². The van der Waals surface area contributed by atoms with Crippen LogP contribution < -0.4 is 10.1 Å². The largest absolute Gasteiger partial charge is 0.573 e. The molecule has 1 aromatic rings. The summed E-state index contributed by atoms with van der Waals surface area (Å²) in [6, 6.07) is 3.88. The molecule has 0 spiro atoms. The Labute approximate surface area is 144 Å². The molecule has 0 amide bonds. The molecule has 0 unspecified atom stereocenters. The number of halogens is 5. The first-order valence-corrected chi connectivity index (χ1v) is 7.92. The second kappa shape index (κ2) is 7.89. The van der Waals surface area contributed by atoms with E-state index in [1.165, 1.54) is 18.9 Å². The number of hydrogen-bond acceptors (Lipinski definition) is 3. The van der Waals surface area contributed by atoms with E-state index in [0.29, 0.717) is 5.92 Å². The molecule has 0 bridgehead atoms. The van der Waals surface area contributed by atoms with E-state index in [-0.39, 0.29) is 18.4 Å². The van der Waals surface area contributed by atoms with Crippen LogP contribution in [0.15, 0.2) is 18.2 Å². The van der Waals surface area contributed by atoms with Crippen molar-refractivity contribution in [3.05, 3.63) is 29.6 Å². The summed E-state index contributed by atoms with van der Waals surface area (Å²) in [4.78, 5) is 2.29. The Balaban J connectivity index is 0.00000208. The molecular weight excluding hydrogens is 348 g/mol. The minimum atomic E-state index is -4.88. The second-order valence-electron chi connectivity index (χ2n) is 6.22. The van der Waals surface area contributed by atoms with E-state index in [2.05, 4.69) is 15.0 Å². The number of ether oxygens (including phenoxy) is 1. The van der Waals surface area contributed by atoms with Crippen molar-refractivity contribution in [2.24, 2.45) is 5.92 Å². The quantitative estimate of drug-likeness (QED) is 0.798. The monoisotopic (exact) mass is 368 g/mol. The Bertz CT molecular complexity index is 545. The lowest BCUT2D eigenvalue weighted by atomic mass is 9.98. The average molecular weight is 369 g/mol. The predicted octanol–water partition coefficient (Wildman–Crippen LogP) is 3.89. The Morgan fingerprint density at radius 1 is 1.21 bits per heavy atom. The maximum atomic E-state index is 14.0. The van der Waals surface area contributed by atoms with Crippen molar-refractivity contribution < 1.29 is 22.3 Å². The minimum absolute atomic E-state index is 0. The zero-order chi connectivity index (χ0) is 16.4. The molecule has 1 saturated carbocycles. The van der Waals surface area contributed by atoms with Crippen LogP contribution in [0.4, 0.5) is 17.6 Å². The van der Waals surface area contributed by atoms with Gasteiger partial charge >= 0.3 is 6.36 Å². The van der Waals surface area contributed by atoms with Gasteiger partial charge in [0.1, 0.15) is 0 Å². The van der Waals surface area contributed by atoms with E-state index < -0.39 is 17.9 Å². The van der Waals surface area contributed by atoms with Crippen molar-refractivity contribution in [2.45, 2.75) is 31.7 Å². The van der Waals surface area contributed by atoms with Crippen LogP contribution in [-0.2, 0) is 0 Å². The summed E-state index contributed by atoms with van der Waals surface area (Å²) >= 11 is 0. The third-order valence-electron chi connectivity index (χ3n) is 4.41. The Hall–Kier alpha value is -1.05. The molecule has 1 atom stereocenters.